The molecule has 0 aliphatic carbocycles. The van der Waals surface area contributed by atoms with Gasteiger partial charge in [0.2, 0.25) is 5.91 Å². The first-order valence-electron chi connectivity index (χ1n) is 5.27. The molecule has 1 atom stereocenters. The lowest BCUT2D eigenvalue weighted by Gasteiger charge is -2.23. The van der Waals surface area contributed by atoms with Gasteiger partial charge in [0.25, 0.3) is 0 Å². The molecule has 0 fully saturated rings. The second-order valence-corrected chi connectivity index (χ2v) is 4.38. The molecule has 0 radical (unpaired) electrons. The number of carbonyl (C=O) groups excluding carboxylic acids is 1. The molecule has 90 valence electrons. The molecule has 0 saturated carbocycles. The van der Waals surface area contributed by atoms with Crippen LogP contribution in [-0.2, 0) is 9.53 Å². The Hall–Kier alpha value is -0.910. The number of amides is 1. The van der Waals surface area contributed by atoms with Crippen molar-refractivity contribution in [3.8, 4) is 0 Å². The molecule has 2 N–H and O–H groups in total. The van der Waals surface area contributed by atoms with E-state index in [1.807, 2.05) is 24.4 Å². The summed E-state index contributed by atoms with van der Waals surface area (Å²) in [5, 5.41) is 1.92. The van der Waals surface area contributed by atoms with Crippen molar-refractivity contribution in [1.82, 2.24) is 4.90 Å². The van der Waals surface area contributed by atoms with Crippen molar-refractivity contribution in [2.75, 3.05) is 26.8 Å². The molecule has 5 heteroatoms. The zero-order chi connectivity index (χ0) is 12.0. The van der Waals surface area contributed by atoms with Gasteiger partial charge in [-0.3, -0.25) is 4.79 Å². The highest BCUT2D eigenvalue weighted by molar-refractivity contribution is 7.10. The highest BCUT2D eigenvalue weighted by Crippen LogP contribution is 2.18. The van der Waals surface area contributed by atoms with Gasteiger partial charge in [-0.1, -0.05) is 6.07 Å². The zero-order valence-corrected chi connectivity index (χ0v) is 10.5. The molecule has 16 heavy (non-hydrogen) atoms. The maximum absolute atomic E-state index is 12.0. The Labute approximate surface area is 100 Å². The van der Waals surface area contributed by atoms with Crippen LogP contribution in [-0.4, -0.2) is 37.6 Å². The fourth-order valence-electron chi connectivity index (χ4n) is 1.41. The fourth-order valence-corrected chi connectivity index (χ4v) is 2.13. The Kier molecular flexibility index (Phi) is 5.45. The summed E-state index contributed by atoms with van der Waals surface area (Å²) in [6, 6.07) is 3.24. The van der Waals surface area contributed by atoms with Gasteiger partial charge in [-0.25, -0.2) is 0 Å². The van der Waals surface area contributed by atoms with Crippen LogP contribution in [0.15, 0.2) is 17.5 Å². The average molecular weight is 242 g/mol. The normalized spacial score (nSPS) is 12.4. The number of ether oxygens (including phenoxy) is 1. The van der Waals surface area contributed by atoms with Crippen molar-refractivity contribution in [3.63, 3.8) is 0 Å². The molecule has 4 nitrogen and oxygen atoms in total. The van der Waals surface area contributed by atoms with Crippen molar-refractivity contribution < 1.29 is 9.53 Å². The van der Waals surface area contributed by atoms with Crippen LogP contribution >= 0.6 is 11.3 Å². The molecule has 0 aliphatic rings. The van der Waals surface area contributed by atoms with Crippen molar-refractivity contribution in [3.05, 3.63) is 22.4 Å². The maximum Gasteiger partial charge on any atom is 0.244 e. The van der Waals surface area contributed by atoms with Crippen LogP contribution in [0.4, 0.5) is 0 Å². The second kappa shape index (κ2) is 6.62. The van der Waals surface area contributed by atoms with E-state index in [-0.39, 0.29) is 5.91 Å². The highest BCUT2D eigenvalue weighted by atomic mass is 32.1. The molecule has 0 aliphatic heterocycles. The van der Waals surface area contributed by atoms with Crippen LogP contribution in [0.3, 0.4) is 0 Å². The third kappa shape index (κ3) is 3.30. The van der Waals surface area contributed by atoms with Gasteiger partial charge in [0.05, 0.1) is 6.61 Å². The highest BCUT2D eigenvalue weighted by Gasteiger charge is 2.21. The zero-order valence-electron chi connectivity index (χ0n) is 9.68. The van der Waals surface area contributed by atoms with Gasteiger partial charge in [0.15, 0.2) is 0 Å². The summed E-state index contributed by atoms with van der Waals surface area (Å²) in [6.07, 6.45) is 0. The summed E-state index contributed by atoms with van der Waals surface area (Å²) < 4.78 is 4.96. The first-order valence-corrected chi connectivity index (χ1v) is 6.15. The number of hydrogen-bond acceptors (Lipinski definition) is 4. The minimum Gasteiger partial charge on any atom is -0.383 e. The second-order valence-electron chi connectivity index (χ2n) is 3.40. The Morgan fingerprint density at radius 3 is 2.94 bits per heavy atom. The van der Waals surface area contributed by atoms with Crippen LogP contribution < -0.4 is 5.73 Å². The van der Waals surface area contributed by atoms with E-state index >= 15 is 0 Å². The van der Waals surface area contributed by atoms with E-state index in [1.54, 1.807) is 12.0 Å². The third-order valence-electron chi connectivity index (χ3n) is 2.37. The van der Waals surface area contributed by atoms with Gasteiger partial charge in [-0.05, 0) is 18.4 Å². The summed E-state index contributed by atoms with van der Waals surface area (Å²) in [7, 11) is 1.62. The smallest absolute Gasteiger partial charge is 0.244 e. The number of carbonyl (C=O) groups is 1. The van der Waals surface area contributed by atoms with Crippen LogP contribution in [0.25, 0.3) is 0 Å². The van der Waals surface area contributed by atoms with Gasteiger partial charge >= 0.3 is 0 Å². The van der Waals surface area contributed by atoms with E-state index in [4.69, 9.17) is 10.5 Å². The van der Waals surface area contributed by atoms with Gasteiger partial charge in [-0.15, -0.1) is 11.3 Å². The van der Waals surface area contributed by atoms with Gasteiger partial charge in [0.1, 0.15) is 6.04 Å². The summed E-state index contributed by atoms with van der Waals surface area (Å²) in [6.45, 7) is 3.72. The molecule has 1 heterocycles. The van der Waals surface area contributed by atoms with Crippen LogP contribution in [0.1, 0.15) is 17.8 Å². The minimum atomic E-state index is -0.545. The minimum absolute atomic E-state index is 0.0398. The molecule has 0 saturated heterocycles. The summed E-state index contributed by atoms with van der Waals surface area (Å²) in [5.74, 6) is -0.0398. The van der Waals surface area contributed by atoms with E-state index in [9.17, 15) is 4.79 Å². The van der Waals surface area contributed by atoms with Crippen LogP contribution in [0.5, 0.6) is 0 Å². The number of nitrogens with two attached hydrogens (primary N) is 1. The molecular weight excluding hydrogens is 224 g/mol. The quantitative estimate of drug-likeness (QED) is 0.816. The number of thiophene rings is 1. The largest absolute Gasteiger partial charge is 0.383 e. The first kappa shape index (κ1) is 13.2. The Bertz CT molecular complexity index is 314. The van der Waals surface area contributed by atoms with Gasteiger partial charge < -0.3 is 15.4 Å². The monoisotopic (exact) mass is 242 g/mol. The Balaban J connectivity index is 2.60. The Morgan fingerprint density at radius 1 is 1.69 bits per heavy atom. The van der Waals surface area contributed by atoms with Crippen molar-refractivity contribution in [2.45, 2.75) is 13.0 Å². The number of likely N-dealkylation sites (N-methyl/N-ethyl adjacent to an activating group) is 1. The summed E-state index contributed by atoms with van der Waals surface area (Å²) >= 11 is 1.51. The first-order chi connectivity index (χ1) is 7.70. The predicted octanol–water partition coefficient (Wildman–Crippen LogP) is 1.24. The van der Waals surface area contributed by atoms with E-state index in [0.717, 1.165) is 4.88 Å². The lowest BCUT2D eigenvalue weighted by molar-refractivity contribution is -0.133. The number of rotatable bonds is 6. The molecule has 0 aromatic carbocycles. The molecule has 1 rings (SSSR count). The van der Waals surface area contributed by atoms with Crippen LogP contribution in [0.2, 0.25) is 0 Å². The van der Waals surface area contributed by atoms with E-state index in [1.165, 1.54) is 11.3 Å². The Morgan fingerprint density at radius 2 is 2.44 bits per heavy atom. The van der Waals surface area contributed by atoms with Crippen LogP contribution in [0, 0.1) is 0 Å². The molecular formula is C11H18N2O2S. The summed E-state index contributed by atoms with van der Waals surface area (Å²) in [4.78, 5) is 14.7. The molecule has 1 amide bonds. The van der Waals surface area contributed by atoms with E-state index < -0.39 is 6.04 Å². The molecule has 0 bridgehead atoms. The predicted molar refractivity (Wildman–Crippen MR) is 65.4 cm³/mol. The van der Waals surface area contributed by atoms with E-state index in [0.29, 0.717) is 19.7 Å². The number of methoxy groups -OCH3 is 1. The lowest BCUT2D eigenvalue weighted by Crippen LogP contribution is -2.39. The molecule has 1 unspecified atom stereocenters. The SMILES string of the molecule is CCN(CCOC)C(=O)C(N)c1cccs1. The molecule has 0 spiro atoms. The fraction of sp³-hybridized carbons (Fsp3) is 0.545. The standard InChI is InChI=1S/C11H18N2O2S/c1-3-13(6-7-15-2)11(14)10(12)9-5-4-8-16-9/h4-5,8,10H,3,6-7,12H2,1-2H3. The van der Waals surface area contributed by atoms with Gasteiger partial charge in [-0.2, -0.15) is 0 Å². The number of hydrogen-bond donors (Lipinski definition) is 1. The molecule has 1 aromatic rings. The maximum atomic E-state index is 12.0. The average Bonchev–Trinajstić information content (AvgIpc) is 2.82. The topological polar surface area (TPSA) is 55.6 Å². The summed E-state index contributed by atoms with van der Waals surface area (Å²) in [5.41, 5.74) is 5.91. The van der Waals surface area contributed by atoms with Crippen molar-refractivity contribution >= 4 is 17.2 Å². The van der Waals surface area contributed by atoms with Crippen molar-refractivity contribution in [2.24, 2.45) is 5.73 Å². The number of nitrogens with zero attached hydrogens (tertiary/aromatic N) is 1. The van der Waals surface area contributed by atoms with Gasteiger partial charge in [0, 0.05) is 25.1 Å². The van der Waals surface area contributed by atoms with E-state index in [2.05, 4.69) is 0 Å². The molecule has 1 aromatic heterocycles. The van der Waals surface area contributed by atoms with Crippen molar-refractivity contribution in [1.29, 1.82) is 0 Å². The third-order valence-corrected chi connectivity index (χ3v) is 3.33. The lowest BCUT2D eigenvalue weighted by atomic mass is 10.2.